The SMILES string of the molecule is O=C(CCC(=O)c1ccc(F)c(F)c1)NC1CCCCC1O. The lowest BCUT2D eigenvalue weighted by Gasteiger charge is -2.28. The fraction of sp³-hybridized carbons (Fsp3) is 0.500. The molecule has 1 aromatic carbocycles. The average Bonchev–Trinajstić information content (AvgIpc) is 2.50. The summed E-state index contributed by atoms with van der Waals surface area (Å²) in [6, 6.07) is 2.66. The van der Waals surface area contributed by atoms with Gasteiger partial charge in [0.05, 0.1) is 12.1 Å². The highest BCUT2D eigenvalue weighted by Crippen LogP contribution is 2.18. The maximum absolute atomic E-state index is 13.1. The second-order valence-electron chi connectivity index (χ2n) is 5.58. The van der Waals surface area contributed by atoms with Crippen LogP contribution in [0.25, 0.3) is 0 Å². The lowest BCUT2D eigenvalue weighted by atomic mass is 9.92. The van der Waals surface area contributed by atoms with Gasteiger partial charge < -0.3 is 10.4 Å². The van der Waals surface area contributed by atoms with Gasteiger partial charge in [0.2, 0.25) is 5.91 Å². The minimum atomic E-state index is -1.08. The van der Waals surface area contributed by atoms with Crippen LogP contribution in [0.5, 0.6) is 0 Å². The summed E-state index contributed by atoms with van der Waals surface area (Å²) >= 11 is 0. The molecular weight excluding hydrogens is 292 g/mol. The van der Waals surface area contributed by atoms with Crippen molar-refractivity contribution in [2.75, 3.05) is 0 Å². The van der Waals surface area contributed by atoms with Crippen molar-refractivity contribution in [3.63, 3.8) is 0 Å². The summed E-state index contributed by atoms with van der Waals surface area (Å²) < 4.78 is 25.9. The highest BCUT2D eigenvalue weighted by molar-refractivity contribution is 5.97. The number of Topliss-reactive ketones (excluding diaryl/α,β-unsaturated/α-hetero) is 1. The van der Waals surface area contributed by atoms with E-state index in [0.29, 0.717) is 6.42 Å². The Labute approximate surface area is 127 Å². The maximum atomic E-state index is 13.1. The molecule has 4 nitrogen and oxygen atoms in total. The molecule has 1 saturated carbocycles. The van der Waals surface area contributed by atoms with Crippen LogP contribution in [-0.2, 0) is 4.79 Å². The van der Waals surface area contributed by atoms with Gasteiger partial charge >= 0.3 is 0 Å². The van der Waals surface area contributed by atoms with Crippen molar-refractivity contribution in [3.05, 3.63) is 35.4 Å². The van der Waals surface area contributed by atoms with Crippen molar-refractivity contribution in [3.8, 4) is 0 Å². The van der Waals surface area contributed by atoms with Gasteiger partial charge in [0, 0.05) is 18.4 Å². The Hall–Kier alpha value is -1.82. The Morgan fingerprint density at radius 2 is 1.86 bits per heavy atom. The standard InChI is InChI=1S/C16H19F2NO3/c17-11-6-5-10(9-12(11)18)14(20)7-8-16(22)19-13-3-1-2-4-15(13)21/h5-6,9,13,15,21H,1-4,7-8H2,(H,19,22). The van der Waals surface area contributed by atoms with E-state index < -0.39 is 23.5 Å². The Kier molecular flexibility index (Phi) is 5.60. The molecule has 1 aliphatic carbocycles. The molecule has 1 aromatic rings. The Balaban J connectivity index is 1.82. The number of amides is 1. The summed E-state index contributed by atoms with van der Waals surface area (Å²) in [5.74, 6) is -2.83. The first kappa shape index (κ1) is 16.5. The van der Waals surface area contributed by atoms with E-state index in [1.165, 1.54) is 6.07 Å². The van der Waals surface area contributed by atoms with E-state index in [1.807, 2.05) is 0 Å². The first-order valence-electron chi connectivity index (χ1n) is 7.43. The molecule has 0 heterocycles. The van der Waals surface area contributed by atoms with Crippen molar-refractivity contribution in [2.24, 2.45) is 0 Å². The number of nitrogens with one attached hydrogen (secondary N) is 1. The molecule has 0 spiro atoms. The predicted molar refractivity (Wildman–Crippen MR) is 76.3 cm³/mol. The van der Waals surface area contributed by atoms with Crippen LogP contribution in [0.3, 0.4) is 0 Å². The zero-order valence-corrected chi connectivity index (χ0v) is 12.1. The summed E-state index contributed by atoms with van der Waals surface area (Å²) in [7, 11) is 0. The first-order valence-corrected chi connectivity index (χ1v) is 7.43. The van der Waals surface area contributed by atoms with Crippen molar-refractivity contribution in [1.82, 2.24) is 5.32 Å². The van der Waals surface area contributed by atoms with E-state index in [1.54, 1.807) is 0 Å². The molecule has 0 aliphatic heterocycles. The second-order valence-corrected chi connectivity index (χ2v) is 5.58. The van der Waals surface area contributed by atoms with E-state index in [4.69, 9.17) is 0 Å². The number of ketones is 1. The van der Waals surface area contributed by atoms with Crippen LogP contribution in [0.2, 0.25) is 0 Å². The topological polar surface area (TPSA) is 66.4 Å². The van der Waals surface area contributed by atoms with Crippen LogP contribution >= 0.6 is 0 Å². The number of carbonyl (C=O) groups is 2. The highest BCUT2D eigenvalue weighted by Gasteiger charge is 2.24. The van der Waals surface area contributed by atoms with Crippen LogP contribution < -0.4 is 5.32 Å². The molecule has 1 aliphatic rings. The summed E-state index contributed by atoms with van der Waals surface area (Å²) in [4.78, 5) is 23.7. The minimum absolute atomic E-state index is 0.0406. The summed E-state index contributed by atoms with van der Waals surface area (Å²) in [5, 5.41) is 12.5. The Morgan fingerprint density at radius 3 is 2.55 bits per heavy atom. The number of aliphatic hydroxyl groups excluding tert-OH is 1. The second kappa shape index (κ2) is 7.45. The predicted octanol–water partition coefficient (Wildman–Crippen LogP) is 2.35. The van der Waals surface area contributed by atoms with Gasteiger partial charge in [-0.2, -0.15) is 0 Å². The minimum Gasteiger partial charge on any atom is -0.391 e. The molecule has 0 saturated heterocycles. The Bertz CT molecular complexity index is 562. The third-order valence-electron chi connectivity index (χ3n) is 3.90. The molecule has 120 valence electrons. The number of hydrogen-bond acceptors (Lipinski definition) is 3. The van der Waals surface area contributed by atoms with Gasteiger partial charge in [0.25, 0.3) is 0 Å². The fourth-order valence-corrected chi connectivity index (χ4v) is 2.60. The van der Waals surface area contributed by atoms with Crippen molar-refractivity contribution >= 4 is 11.7 Å². The molecule has 2 rings (SSSR count). The van der Waals surface area contributed by atoms with E-state index in [0.717, 1.165) is 31.4 Å². The lowest BCUT2D eigenvalue weighted by molar-refractivity contribution is -0.123. The largest absolute Gasteiger partial charge is 0.391 e. The molecule has 6 heteroatoms. The van der Waals surface area contributed by atoms with Gasteiger partial charge in [0.1, 0.15) is 0 Å². The van der Waals surface area contributed by atoms with Crippen molar-refractivity contribution < 1.29 is 23.5 Å². The molecule has 1 fully saturated rings. The molecule has 2 N–H and O–H groups in total. The molecule has 22 heavy (non-hydrogen) atoms. The maximum Gasteiger partial charge on any atom is 0.220 e. The van der Waals surface area contributed by atoms with E-state index in [9.17, 15) is 23.5 Å². The highest BCUT2D eigenvalue weighted by atomic mass is 19.2. The van der Waals surface area contributed by atoms with Gasteiger partial charge in [-0.3, -0.25) is 9.59 Å². The molecular formula is C16H19F2NO3. The van der Waals surface area contributed by atoms with Crippen molar-refractivity contribution in [1.29, 1.82) is 0 Å². The van der Waals surface area contributed by atoms with Gasteiger partial charge in [-0.25, -0.2) is 8.78 Å². The molecule has 1 amide bonds. The smallest absolute Gasteiger partial charge is 0.220 e. The van der Waals surface area contributed by atoms with E-state index in [-0.39, 0.29) is 30.4 Å². The van der Waals surface area contributed by atoms with Crippen LogP contribution in [0.1, 0.15) is 48.9 Å². The zero-order valence-electron chi connectivity index (χ0n) is 12.1. The van der Waals surface area contributed by atoms with E-state index in [2.05, 4.69) is 5.32 Å². The number of aliphatic hydroxyl groups is 1. The number of benzene rings is 1. The van der Waals surface area contributed by atoms with Crippen LogP contribution in [-0.4, -0.2) is 28.9 Å². The average molecular weight is 311 g/mol. The summed E-state index contributed by atoms with van der Waals surface area (Å²) in [6.45, 7) is 0. The fourth-order valence-electron chi connectivity index (χ4n) is 2.60. The first-order chi connectivity index (χ1) is 10.5. The number of rotatable bonds is 5. The molecule has 0 bridgehead atoms. The number of hydrogen-bond donors (Lipinski definition) is 2. The molecule has 2 atom stereocenters. The zero-order chi connectivity index (χ0) is 16.1. The van der Waals surface area contributed by atoms with Crippen LogP contribution in [0.4, 0.5) is 8.78 Å². The molecule has 2 unspecified atom stereocenters. The monoisotopic (exact) mass is 311 g/mol. The van der Waals surface area contributed by atoms with Crippen LogP contribution in [0.15, 0.2) is 18.2 Å². The Morgan fingerprint density at radius 1 is 1.14 bits per heavy atom. The van der Waals surface area contributed by atoms with Gasteiger partial charge in [-0.1, -0.05) is 12.8 Å². The third kappa shape index (κ3) is 4.34. The normalized spacial score (nSPS) is 21.4. The molecule has 0 aromatic heterocycles. The van der Waals surface area contributed by atoms with Gasteiger partial charge in [-0.05, 0) is 31.0 Å². The lowest BCUT2D eigenvalue weighted by Crippen LogP contribution is -2.45. The van der Waals surface area contributed by atoms with Gasteiger partial charge in [0.15, 0.2) is 17.4 Å². The van der Waals surface area contributed by atoms with Gasteiger partial charge in [-0.15, -0.1) is 0 Å². The van der Waals surface area contributed by atoms with E-state index >= 15 is 0 Å². The number of halogens is 2. The van der Waals surface area contributed by atoms with Crippen molar-refractivity contribution in [2.45, 2.75) is 50.7 Å². The quantitative estimate of drug-likeness (QED) is 0.820. The number of carbonyl (C=O) groups excluding carboxylic acids is 2. The molecule has 0 radical (unpaired) electrons. The van der Waals surface area contributed by atoms with Crippen LogP contribution in [0, 0.1) is 11.6 Å². The summed E-state index contributed by atoms with van der Waals surface area (Å²) in [5.41, 5.74) is 0.0457. The third-order valence-corrected chi connectivity index (χ3v) is 3.90. The summed E-state index contributed by atoms with van der Waals surface area (Å²) in [6.07, 6.45) is 2.63.